The summed E-state index contributed by atoms with van der Waals surface area (Å²) in [5, 5.41) is 17.4. The number of nitrogens with one attached hydrogen (secondary N) is 2. The second kappa shape index (κ2) is 6.66. The molecule has 148 valence electrons. The van der Waals surface area contributed by atoms with E-state index in [1.165, 1.54) is 11.8 Å². The Morgan fingerprint density at radius 1 is 1.13 bits per heavy atom. The molecule has 1 aliphatic rings. The Labute approximate surface area is 173 Å². The molecule has 1 saturated carbocycles. The van der Waals surface area contributed by atoms with Crippen molar-refractivity contribution in [1.29, 1.82) is 0 Å². The predicted octanol–water partition coefficient (Wildman–Crippen LogP) is 2.66. The molecule has 0 saturated heterocycles. The van der Waals surface area contributed by atoms with Crippen LogP contribution in [0.2, 0.25) is 0 Å². The van der Waals surface area contributed by atoms with E-state index in [1.807, 2.05) is 34.9 Å². The van der Waals surface area contributed by atoms with Gasteiger partial charge in [-0.3, -0.25) is 9.20 Å². The summed E-state index contributed by atoms with van der Waals surface area (Å²) in [5.74, 6) is 1.44. The summed E-state index contributed by atoms with van der Waals surface area (Å²) < 4.78 is 3.56. The molecule has 10 nitrogen and oxygen atoms in total. The zero-order valence-corrected chi connectivity index (χ0v) is 16.4. The molecule has 0 aromatic carbocycles. The second-order valence-corrected chi connectivity index (χ2v) is 8.02. The third-order valence-corrected chi connectivity index (χ3v) is 5.72. The monoisotopic (exact) mass is 417 g/mol. The summed E-state index contributed by atoms with van der Waals surface area (Å²) in [6, 6.07) is 7.58. The van der Waals surface area contributed by atoms with Gasteiger partial charge in [-0.05, 0) is 48.9 Å². The van der Waals surface area contributed by atoms with Crippen molar-refractivity contribution in [2.45, 2.75) is 23.0 Å². The number of carbonyl (C=O) groups excluding carboxylic acids is 1. The van der Waals surface area contributed by atoms with E-state index in [4.69, 9.17) is 0 Å². The Hall–Kier alpha value is -3.73. The van der Waals surface area contributed by atoms with Crippen LogP contribution in [0.4, 0.5) is 5.82 Å². The fourth-order valence-corrected chi connectivity index (χ4v) is 3.93. The smallest absolute Gasteiger partial charge is 0.228 e. The number of aromatic amines is 1. The van der Waals surface area contributed by atoms with E-state index in [-0.39, 0.29) is 11.8 Å². The number of anilines is 1. The number of hydrogen-bond donors (Lipinski definition) is 2. The summed E-state index contributed by atoms with van der Waals surface area (Å²) in [4.78, 5) is 23.8. The zero-order chi connectivity index (χ0) is 20.1. The number of fused-ring (bicyclic) bond motifs is 2. The van der Waals surface area contributed by atoms with E-state index in [0.29, 0.717) is 16.6 Å². The fourth-order valence-electron chi connectivity index (χ4n) is 3.15. The lowest BCUT2D eigenvalue weighted by atomic mass is 10.3. The average molecular weight is 417 g/mol. The van der Waals surface area contributed by atoms with Crippen LogP contribution >= 0.6 is 11.8 Å². The highest BCUT2D eigenvalue weighted by Crippen LogP contribution is 2.30. The molecular weight excluding hydrogens is 402 g/mol. The number of H-pyrrole nitrogens is 1. The van der Waals surface area contributed by atoms with E-state index in [1.54, 1.807) is 23.1 Å². The van der Waals surface area contributed by atoms with Gasteiger partial charge in [0, 0.05) is 30.1 Å². The van der Waals surface area contributed by atoms with E-state index in [2.05, 4.69) is 35.6 Å². The van der Waals surface area contributed by atoms with E-state index >= 15 is 0 Å². The van der Waals surface area contributed by atoms with Gasteiger partial charge in [-0.1, -0.05) is 0 Å². The molecule has 0 spiro atoms. The highest BCUT2D eigenvalue weighted by molar-refractivity contribution is 7.99. The van der Waals surface area contributed by atoms with Crippen LogP contribution in [-0.2, 0) is 4.79 Å². The van der Waals surface area contributed by atoms with Crippen molar-refractivity contribution in [3.05, 3.63) is 49.1 Å². The number of nitrogens with zero attached hydrogens (tertiary/aromatic N) is 7. The average Bonchev–Trinajstić information content (AvgIpc) is 3.14. The first-order valence-electron chi connectivity index (χ1n) is 9.43. The van der Waals surface area contributed by atoms with Crippen LogP contribution in [0.1, 0.15) is 12.8 Å². The van der Waals surface area contributed by atoms with Crippen LogP contribution < -0.4 is 5.32 Å². The second-order valence-electron chi connectivity index (χ2n) is 7.03. The van der Waals surface area contributed by atoms with E-state index in [9.17, 15) is 4.79 Å². The van der Waals surface area contributed by atoms with E-state index < -0.39 is 0 Å². The molecule has 0 atom stereocenters. The molecule has 5 aromatic heterocycles. The van der Waals surface area contributed by atoms with Gasteiger partial charge in [-0.15, -0.1) is 10.2 Å². The number of aromatic nitrogens is 8. The van der Waals surface area contributed by atoms with Gasteiger partial charge in [0.05, 0.1) is 6.20 Å². The molecule has 0 radical (unpaired) electrons. The minimum Gasteiger partial charge on any atom is -0.345 e. The maximum atomic E-state index is 12.0. The lowest BCUT2D eigenvalue weighted by Crippen LogP contribution is -2.13. The van der Waals surface area contributed by atoms with Gasteiger partial charge in [0.25, 0.3) is 0 Å². The minimum atomic E-state index is 0.0234. The number of hydrogen-bond acceptors (Lipinski definition) is 7. The molecule has 5 heterocycles. The summed E-state index contributed by atoms with van der Waals surface area (Å²) in [6.45, 7) is 0. The van der Waals surface area contributed by atoms with Gasteiger partial charge in [0.1, 0.15) is 10.9 Å². The van der Waals surface area contributed by atoms with Crippen molar-refractivity contribution < 1.29 is 4.79 Å². The highest BCUT2D eigenvalue weighted by Gasteiger charge is 2.30. The van der Waals surface area contributed by atoms with Gasteiger partial charge in [0.2, 0.25) is 11.1 Å². The number of pyridine rings is 1. The van der Waals surface area contributed by atoms with Crippen molar-refractivity contribution in [3.8, 4) is 11.4 Å². The number of rotatable bonds is 5. The Kier molecular flexibility index (Phi) is 3.81. The molecule has 1 aliphatic carbocycles. The molecule has 11 heteroatoms. The lowest BCUT2D eigenvalue weighted by molar-refractivity contribution is -0.117. The van der Waals surface area contributed by atoms with Gasteiger partial charge >= 0.3 is 0 Å². The van der Waals surface area contributed by atoms with E-state index in [0.717, 1.165) is 34.9 Å². The fraction of sp³-hybridized carbons (Fsp3) is 0.158. The maximum Gasteiger partial charge on any atom is 0.228 e. The van der Waals surface area contributed by atoms with Gasteiger partial charge in [-0.25, -0.2) is 14.5 Å². The van der Waals surface area contributed by atoms with Crippen LogP contribution in [0.3, 0.4) is 0 Å². The first kappa shape index (κ1) is 17.2. The molecule has 30 heavy (non-hydrogen) atoms. The standard InChI is InChI=1S/C19H15N9OS/c29-18(11-1-2-11)23-13-10-28-14(22-13)5-6-16(26-28)30-19-25-24-15-4-3-12(9-27(15)19)17-20-7-8-21-17/h3-11H,1-2H2,(H,20,21)(H,23,29). The Morgan fingerprint density at radius 3 is 2.87 bits per heavy atom. The topological polar surface area (TPSA) is 118 Å². The summed E-state index contributed by atoms with van der Waals surface area (Å²) in [5.41, 5.74) is 2.33. The third kappa shape index (κ3) is 3.08. The molecule has 1 amide bonds. The predicted molar refractivity (Wildman–Crippen MR) is 109 cm³/mol. The van der Waals surface area contributed by atoms with Crippen LogP contribution in [0.15, 0.2) is 59.2 Å². The lowest BCUT2D eigenvalue weighted by Gasteiger charge is -2.02. The Morgan fingerprint density at radius 2 is 2.03 bits per heavy atom. The van der Waals surface area contributed by atoms with Crippen molar-refractivity contribution in [1.82, 2.24) is 39.2 Å². The molecule has 0 unspecified atom stereocenters. The van der Waals surface area contributed by atoms with Crippen molar-refractivity contribution in [2.75, 3.05) is 5.32 Å². The largest absolute Gasteiger partial charge is 0.345 e. The third-order valence-electron chi connectivity index (χ3n) is 4.83. The molecular formula is C19H15N9OS. The van der Waals surface area contributed by atoms with Gasteiger partial charge < -0.3 is 10.3 Å². The Balaban J connectivity index is 1.29. The molecule has 0 aliphatic heterocycles. The van der Waals surface area contributed by atoms with Gasteiger partial charge in [-0.2, -0.15) is 5.10 Å². The first-order chi connectivity index (χ1) is 14.7. The molecule has 6 rings (SSSR count). The summed E-state index contributed by atoms with van der Waals surface area (Å²) in [7, 11) is 0. The molecule has 5 aromatic rings. The molecule has 0 bridgehead atoms. The van der Waals surface area contributed by atoms with Crippen molar-refractivity contribution in [3.63, 3.8) is 0 Å². The number of carbonyl (C=O) groups is 1. The highest BCUT2D eigenvalue weighted by atomic mass is 32.2. The zero-order valence-electron chi connectivity index (χ0n) is 15.6. The summed E-state index contributed by atoms with van der Waals surface area (Å²) in [6.07, 6.45) is 9.06. The van der Waals surface area contributed by atoms with Crippen molar-refractivity contribution >= 4 is 34.8 Å². The van der Waals surface area contributed by atoms with Crippen LogP contribution in [0, 0.1) is 5.92 Å². The normalized spacial score (nSPS) is 13.9. The molecule has 2 N–H and O–H groups in total. The maximum absolute atomic E-state index is 12.0. The van der Waals surface area contributed by atoms with Crippen molar-refractivity contribution in [2.24, 2.45) is 5.92 Å². The quantitative estimate of drug-likeness (QED) is 0.451. The van der Waals surface area contributed by atoms with Gasteiger partial charge in [0.15, 0.2) is 17.1 Å². The number of amides is 1. The van der Waals surface area contributed by atoms with Crippen LogP contribution in [-0.4, -0.2) is 45.1 Å². The molecule has 1 fully saturated rings. The summed E-state index contributed by atoms with van der Waals surface area (Å²) >= 11 is 1.39. The van der Waals surface area contributed by atoms with Crippen LogP contribution in [0.25, 0.3) is 22.7 Å². The van der Waals surface area contributed by atoms with Crippen LogP contribution in [0.5, 0.6) is 0 Å². The minimum absolute atomic E-state index is 0.0234. The SMILES string of the molecule is O=C(Nc1cn2nc(Sc3nnc4ccc(-c5ncc[nH]5)cn34)ccc2n1)C1CC1. The Bertz CT molecular complexity index is 1380. The number of imidazole rings is 2. The first-order valence-corrected chi connectivity index (χ1v) is 10.2.